The standard InChI is InChI=1S/C23H21BrClNO5/c1-12-8-15(27)9-18(26-11-13-4-6-14(24)7-5-13)23(12)22(28)19-16(29-2)10-17(30-3)20(25)21(19)31-23/h4-7,9-10,12,26H,8,11H2,1-3H3/t12-,23+/m1/s1. The van der Waals surface area contributed by atoms with Crippen molar-refractivity contribution in [3.63, 3.8) is 0 Å². The largest absolute Gasteiger partial charge is 0.496 e. The number of fused-ring (bicyclic) bond motifs is 1. The lowest BCUT2D eigenvalue weighted by molar-refractivity contribution is -0.117. The van der Waals surface area contributed by atoms with Gasteiger partial charge < -0.3 is 19.5 Å². The number of hydrogen-bond acceptors (Lipinski definition) is 6. The predicted molar refractivity (Wildman–Crippen MR) is 120 cm³/mol. The van der Waals surface area contributed by atoms with Crippen molar-refractivity contribution in [2.45, 2.75) is 25.5 Å². The predicted octanol–water partition coefficient (Wildman–Crippen LogP) is 4.72. The molecule has 162 valence electrons. The number of ether oxygens (including phenoxy) is 3. The summed E-state index contributed by atoms with van der Waals surface area (Å²) in [5.74, 6) is 0.0897. The first kappa shape index (κ1) is 21.7. The van der Waals surface area contributed by atoms with Crippen LogP contribution in [0.2, 0.25) is 5.02 Å². The van der Waals surface area contributed by atoms with Crippen LogP contribution >= 0.6 is 27.5 Å². The zero-order valence-electron chi connectivity index (χ0n) is 17.3. The molecule has 31 heavy (non-hydrogen) atoms. The van der Waals surface area contributed by atoms with Crippen molar-refractivity contribution in [1.82, 2.24) is 5.32 Å². The Labute approximate surface area is 193 Å². The van der Waals surface area contributed by atoms with Gasteiger partial charge in [-0.25, -0.2) is 0 Å². The lowest BCUT2D eigenvalue weighted by atomic mass is 9.74. The first-order valence-corrected chi connectivity index (χ1v) is 10.9. The molecule has 1 N–H and O–H groups in total. The molecule has 0 aromatic heterocycles. The van der Waals surface area contributed by atoms with Crippen molar-refractivity contribution in [1.29, 1.82) is 0 Å². The Kier molecular flexibility index (Phi) is 5.75. The molecule has 0 radical (unpaired) electrons. The van der Waals surface area contributed by atoms with Crippen LogP contribution < -0.4 is 19.5 Å². The highest BCUT2D eigenvalue weighted by atomic mass is 79.9. The summed E-state index contributed by atoms with van der Waals surface area (Å²) in [6.07, 6.45) is 1.64. The number of allylic oxidation sites excluding steroid dienone is 1. The summed E-state index contributed by atoms with van der Waals surface area (Å²) in [6.45, 7) is 2.25. The summed E-state index contributed by atoms with van der Waals surface area (Å²) in [6, 6.07) is 9.34. The van der Waals surface area contributed by atoms with Gasteiger partial charge in [0.15, 0.2) is 11.5 Å². The zero-order chi connectivity index (χ0) is 22.3. The summed E-state index contributed by atoms with van der Waals surface area (Å²) in [7, 11) is 2.95. The topological polar surface area (TPSA) is 73.9 Å². The molecule has 0 bridgehead atoms. The molecule has 4 rings (SSSR count). The Balaban J connectivity index is 1.77. The van der Waals surface area contributed by atoms with E-state index in [9.17, 15) is 9.59 Å². The van der Waals surface area contributed by atoms with Crippen molar-refractivity contribution in [2.24, 2.45) is 5.92 Å². The van der Waals surface area contributed by atoms with Crippen LogP contribution in [0.1, 0.15) is 29.3 Å². The Bertz CT molecular complexity index is 1100. The van der Waals surface area contributed by atoms with Crippen molar-refractivity contribution in [2.75, 3.05) is 14.2 Å². The van der Waals surface area contributed by atoms with E-state index in [1.807, 2.05) is 31.2 Å². The van der Waals surface area contributed by atoms with E-state index in [0.717, 1.165) is 10.0 Å². The molecular formula is C23H21BrClNO5. The first-order chi connectivity index (χ1) is 14.8. The average molecular weight is 507 g/mol. The van der Waals surface area contributed by atoms with E-state index in [0.29, 0.717) is 23.7 Å². The van der Waals surface area contributed by atoms with Crippen molar-refractivity contribution in [3.05, 3.63) is 62.7 Å². The van der Waals surface area contributed by atoms with Gasteiger partial charge in [-0.15, -0.1) is 0 Å². The van der Waals surface area contributed by atoms with Gasteiger partial charge in [0.1, 0.15) is 22.1 Å². The van der Waals surface area contributed by atoms with Gasteiger partial charge in [-0.05, 0) is 17.7 Å². The van der Waals surface area contributed by atoms with E-state index in [2.05, 4.69) is 21.2 Å². The van der Waals surface area contributed by atoms with E-state index in [4.69, 9.17) is 25.8 Å². The van der Waals surface area contributed by atoms with Crippen molar-refractivity contribution < 1.29 is 23.8 Å². The highest BCUT2D eigenvalue weighted by Gasteiger charge is 2.58. The molecule has 0 saturated heterocycles. The van der Waals surface area contributed by atoms with Gasteiger partial charge in [-0.2, -0.15) is 0 Å². The fourth-order valence-corrected chi connectivity index (χ4v) is 4.65. The zero-order valence-corrected chi connectivity index (χ0v) is 19.6. The fourth-order valence-electron chi connectivity index (χ4n) is 4.12. The minimum atomic E-state index is -1.39. The molecule has 1 aliphatic heterocycles. The Morgan fingerprint density at radius 3 is 2.52 bits per heavy atom. The maximum atomic E-state index is 13.8. The van der Waals surface area contributed by atoms with Crippen LogP contribution in [-0.4, -0.2) is 31.4 Å². The van der Waals surface area contributed by atoms with E-state index < -0.39 is 11.5 Å². The maximum Gasteiger partial charge on any atom is 0.220 e. The Morgan fingerprint density at radius 2 is 1.87 bits per heavy atom. The number of hydrogen-bond donors (Lipinski definition) is 1. The van der Waals surface area contributed by atoms with Crippen molar-refractivity contribution >= 4 is 39.1 Å². The molecule has 2 aromatic carbocycles. The third-order valence-corrected chi connectivity index (χ3v) is 6.61. The second kappa shape index (κ2) is 8.20. The number of halogens is 2. The van der Waals surface area contributed by atoms with Crippen LogP contribution in [0.5, 0.6) is 17.2 Å². The van der Waals surface area contributed by atoms with Gasteiger partial charge >= 0.3 is 0 Å². The SMILES string of the molecule is COc1cc(OC)c2c(c1Cl)O[C@]1(C2=O)C(NCc2ccc(Br)cc2)=CC(=O)C[C@H]1C. The van der Waals surface area contributed by atoms with E-state index in [-0.39, 0.29) is 34.3 Å². The highest BCUT2D eigenvalue weighted by Crippen LogP contribution is 2.54. The molecule has 2 aromatic rings. The lowest BCUT2D eigenvalue weighted by Gasteiger charge is -2.38. The maximum absolute atomic E-state index is 13.8. The Morgan fingerprint density at radius 1 is 1.19 bits per heavy atom. The molecule has 6 nitrogen and oxygen atoms in total. The van der Waals surface area contributed by atoms with Gasteiger partial charge in [0.2, 0.25) is 11.4 Å². The highest BCUT2D eigenvalue weighted by molar-refractivity contribution is 9.10. The van der Waals surface area contributed by atoms with Gasteiger partial charge in [0.05, 0.1) is 19.9 Å². The third kappa shape index (κ3) is 3.49. The van der Waals surface area contributed by atoms with Crippen LogP contribution in [0.4, 0.5) is 0 Å². The monoisotopic (exact) mass is 505 g/mol. The number of rotatable bonds is 5. The van der Waals surface area contributed by atoms with Crippen LogP contribution in [-0.2, 0) is 11.3 Å². The summed E-state index contributed by atoms with van der Waals surface area (Å²) in [5.41, 5.74) is 0.267. The molecule has 0 unspecified atom stereocenters. The average Bonchev–Trinajstić information content (AvgIpc) is 3.06. The molecule has 0 saturated carbocycles. The number of Topliss-reactive ketones (excluding diaryl/α,β-unsaturated/α-hetero) is 1. The van der Waals surface area contributed by atoms with E-state index in [1.165, 1.54) is 20.3 Å². The summed E-state index contributed by atoms with van der Waals surface area (Å²) >= 11 is 9.91. The molecule has 1 aliphatic carbocycles. The number of carbonyl (C=O) groups is 2. The minimum absolute atomic E-state index is 0.0700. The molecule has 2 aliphatic rings. The third-order valence-electron chi connectivity index (χ3n) is 5.72. The number of methoxy groups -OCH3 is 2. The number of carbonyl (C=O) groups excluding carboxylic acids is 2. The number of benzene rings is 2. The molecule has 1 heterocycles. The summed E-state index contributed by atoms with van der Waals surface area (Å²) < 4.78 is 18.0. The Hall–Kier alpha value is -2.51. The van der Waals surface area contributed by atoms with Crippen LogP contribution in [0, 0.1) is 5.92 Å². The van der Waals surface area contributed by atoms with Crippen LogP contribution in [0.3, 0.4) is 0 Å². The molecule has 8 heteroatoms. The first-order valence-electron chi connectivity index (χ1n) is 9.73. The van der Waals surface area contributed by atoms with E-state index >= 15 is 0 Å². The molecule has 2 atom stereocenters. The van der Waals surface area contributed by atoms with Gasteiger partial charge in [0.25, 0.3) is 0 Å². The number of nitrogens with one attached hydrogen (secondary N) is 1. The molecule has 1 spiro atoms. The van der Waals surface area contributed by atoms with Gasteiger partial charge in [0, 0.05) is 35.5 Å². The normalized spacial score (nSPS) is 22.1. The van der Waals surface area contributed by atoms with Crippen LogP contribution in [0.25, 0.3) is 0 Å². The lowest BCUT2D eigenvalue weighted by Crippen LogP contribution is -2.54. The quantitative estimate of drug-likeness (QED) is 0.633. The van der Waals surface area contributed by atoms with Gasteiger partial charge in [-0.1, -0.05) is 46.6 Å². The van der Waals surface area contributed by atoms with Crippen LogP contribution in [0.15, 0.2) is 46.6 Å². The second-order valence-corrected chi connectivity index (χ2v) is 8.87. The van der Waals surface area contributed by atoms with E-state index in [1.54, 1.807) is 6.07 Å². The van der Waals surface area contributed by atoms with Gasteiger partial charge in [-0.3, -0.25) is 9.59 Å². The second-order valence-electron chi connectivity index (χ2n) is 7.58. The smallest absolute Gasteiger partial charge is 0.220 e. The fraction of sp³-hybridized carbons (Fsp3) is 0.304. The summed E-state index contributed by atoms with van der Waals surface area (Å²) in [4.78, 5) is 26.2. The number of ketones is 2. The summed E-state index contributed by atoms with van der Waals surface area (Å²) in [5, 5.41) is 3.46. The molecule has 0 amide bonds. The van der Waals surface area contributed by atoms with Crippen molar-refractivity contribution in [3.8, 4) is 17.2 Å². The molecule has 0 fully saturated rings. The minimum Gasteiger partial charge on any atom is -0.496 e. The molecular weight excluding hydrogens is 486 g/mol.